The lowest BCUT2D eigenvalue weighted by atomic mass is 10.1. The Morgan fingerprint density at radius 2 is 2.33 bits per heavy atom. The Bertz CT molecular complexity index is 354. The number of hydrogen-bond acceptors (Lipinski definition) is 3. The van der Waals surface area contributed by atoms with Gasteiger partial charge in [0.05, 0.1) is 5.56 Å². The van der Waals surface area contributed by atoms with Gasteiger partial charge in [-0.1, -0.05) is 0 Å². The molecule has 2 N–H and O–H groups in total. The Morgan fingerprint density at radius 3 is 2.83 bits per heavy atom. The highest BCUT2D eigenvalue weighted by atomic mass is 16.3. The van der Waals surface area contributed by atoms with Gasteiger partial charge in [-0.2, -0.15) is 0 Å². The lowest BCUT2D eigenvalue weighted by Crippen LogP contribution is -2.14. The number of aromatic nitrogens is 1. The lowest BCUT2D eigenvalue weighted by molar-refractivity contribution is -0.116. The molecule has 12 heavy (non-hydrogen) atoms. The van der Waals surface area contributed by atoms with E-state index in [1.165, 1.54) is 19.2 Å². The van der Waals surface area contributed by atoms with Crippen molar-refractivity contribution >= 4 is 5.78 Å². The average molecular weight is 167 g/mol. The molecule has 0 amide bonds. The van der Waals surface area contributed by atoms with Gasteiger partial charge in [-0.05, 0) is 13.0 Å². The van der Waals surface area contributed by atoms with Crippen molar-refractivity contribution in [3.8, 4) is 5.75 Å². The van der Waals surface area contributed by atoms with E-state index in [1.54, 1.807) is 0 Å². The number of carbonyl (C=O) groups excluding carboxylic acids is 1. The molecule has 0 unspecified atom stereocenters. The van der Waals surface area contributed by atoms with E-state index in [2.05, 4.69) is 4.98 Å². The van der Waals surface area contributed by atoms with Crippen molar-refractivity contribution < 1.29 is 9.90 Å². The van der Waals surface area contributed by atoms with E-state index in [0.29, 0.717) is 0 Å². The number of aromatic amines is 1. The van der Waals surface area contributed by atoms with Gasteiger partial charge < -0.3 is 10.1 Å². The lowest BCUT2D eigenvalue weighted by Gasteiger charge is -1.98. The standard InChI is InChI=1S/C8H9NO3/c1-5(10)4-6-7(11)2-3-9-8(6)12/h2-3H,4H2,1H3,(H2,9,11,12). The summed E-state index contributed by atoms with van der Waals surface area (Å²) in [5.41, 5.74) is -0.282. The van der Waals surface area contributed by atoms with Crippen LogP contribution in [0.15, 0.2) is 17.1 Å². The van der Waals surface area contributed by atoms with Gasteiger partial charge in [0.25, 0.3) is 5.56 Å². The Balaban J connectivity index is 3.13. The molecule has 4 heteroatoms. The topological polar surface area (TPSA) is 70.2 Å². The van der Waals surface area contributed by atoms with Crippen molar-refractivity contribution in [2.24, 2.45) is 0 Å². The predicted octanol–water partition coefficient (Wildman–Crippen LogP) is 0.212. The highest BCUT2D eigenvalue weighted by Crippen LogP contribution is 2.10. The monoisotopic (exact) mass is 167 g/mol. The molecule has 0 aromatic carbocycles. The van der Waals surface area contributed by atoms with E-state index in [4.69, 9.17) is 5.11 Å². The first-order valence-corrected chi connectivity index (χ1v) is 3.50. The molecule has 1 aromatic rings. The maximum atomic E-state index is 11.0. The van der Waals surface area contributed by atoms with Crippen molar-refractivity contribution in [1.29, 1.82) is 0 Å². The van der Waals surface area contributed by atoms with Gasteiger partial charge in [0.2, 0.25) is 0 Å². The van der Waals surface area contributed by atoms with E-state index in [9.17, 15) is 9.59 Å². The molecule has 64 valence electrons. The fourth-order valence-electron chi connectivity index (χ4n) is 0.920. The van der Waals surface area contributed by atoms with Crippen LogP contribution in [0.3, 0.4) is 0 Å². The van der Waals surface area contributed by atoms with E-state index in [0.717, 1.165) is 0 Å². The molecule has 0 spiro atoms. The molecule has 0 fully saturated rings. The van der Waals surface area contributed by atoms with E-state index >= 15 is 0 Å². The summed E-state index contributed by atoms with van der Waals surface area (Å²) in [6.07, 6.45) is 1.31. The van der Waals surface area contributed by atoms with Crippen LogP contribution in [0.4, 0.5) is 0 Å². The van der Waals surface area contributed by atoms with Gasteiger partial charge in [0.1, 0.15) is 11.5 Å². The number of pyridine rings is 1. The molecule has 1 aromatic heterocycles. The molecule has 0 aliphatic carbocycles. The largest absolute Gasteiger partial charge is 0.507 e. The first kappa shape index (κ1) is 8.52. The van der Waals surface area contributed by atoms with Crippen molar-refractivity contribution in [3.63, 3.8) is 0 Å². The molecular weight excluding hydrogens is 158 g/mol. The van der Waals surface area contributed by atoms with Crippen molar-refractivity contribution in [1.82, 2.24) is 4.98 Å². The summed E-state index contributed by atoms with van der Waals surface area (Å²) >= 11 is 0. The maximum Gasteiger partial charge on any atom is 0.255 e. The number of Topliss-reactive ketones (excluding diaryl/α,β-unsaturated/α-hetero) is 1. The third kappa shape index (κ3) is 1.72. The maximum absolute atomic E-state index is 11.0. The van der Waals surface area contributed by atoms with E-state index in [1.807, 2.05) is 0 Å². The molecule has 0 bridgehead atoms. The highest BCUT2D eigenvalue weighted by molar-refractivity contribution is 5.78. The summed E-state index contributed by atoms with van der Waals surface area (Å²) in [6.45, 7) is 1.37. The first-order chi connectivity index (χ1) is 5.61. The minimum absolute atomic E-state index is 0.0258. The molecule has 1 heterocycles. The second-order valence-corrected chi connectivity index (χ2v) is 2.55. The second kappa shape index (κ2) is 3.21. The van der Waals surface area contributed by atoms with E-state index in [-0.39, 0.29) is 23.5 Å². The van der Waals surface area contributed by atoms with Crippen LogP contribution < -0.4 is 5.56 Å². The smallest absolute Gasteiger partial charge is 0.255 e. The summed E-state index contributed by atoms with van der Waals surface area (Å²) < 4.78 is 0. The molecule has 1 rings (SSSR count). The van der Waals surface area contributed by atoms with Crippen LogP contribution in [0.1, 0.15) is 12.5 Å². The summed E-state index contributed by atoms with van der Waals surface area (Å²) in [5.74, 6) is -0.282. The van der Waals surface area contributed by atoms with Crippen LogP contribution in [0.2, 0.25) is 0 Å². The number of nitrogens with one attached hydrogen (secondary N) is 1. The predicted molar refractivity (Wildman–Crippen MR) is 43.1 cm³/mol. The Kier molecular flexibility index (Phi) is 2.28. The van der Waals surface area contributed by atoms with Crippen LogP contribution in [-0.2, 0) is 11.2 Å². The molecule has 0 aliphatic heterocycles. The van der Waals surface area contributed by atoms with Gasteiger partial charge in [-0.3, -0.25) is 9.59 Å². The quantitative estimate of drug-likeness (QED) is 0.661. The van der Waals surface area contributed by atoms with Crippen molar-refractivity contribution in [2.75, 3.05) is 0 Å². The number of H-pyrrole nitrogens is 1. The number of ketones is 1. The summed E-state index contributed by atoms with van der Waals surface area (Å²) in [4.78, 5) is 24.0. The summed E-state index contributed by atoms with van der Waals surface area (Å²) in [7, 11) is 0. The molecule has 0 aliphatic rings. The normalized spacial score (nSPS) is 9.75. The van der Waals surface area contributed by atoms with Crippen LogP contribution in [0.25, 0.3) is 0 Å². The third-order valence-electron chi connectivity index (χ3n) is 1.46. The Labute approximate surface area is 68.9 Å². The van der Waals surface area contributed by atoms with Crippen LogP contribution in [-0.4, -0.2) is 15.9 Å². The minimum atomic E-state index is -0.412. The number of hydrogen-bond donors (Lipinski definition) is 2. The zero-order chi connectivity index (χ0) is 9.14. The first-order valence-electron chi connectivity index (χ1n) is 3.50. The fraction of sp³-hybridized carbons (Fsp3) is 0.250. The average Bonchev–Trinajstić information content (AvgIpc) is 1.97. The van der Waals surface area contributed by atoms with E-state index < -0.39 is 5.56 Å². The SMILES string of the molecule is CC(=O)Cc1c(O)cc[nH]c1=O. The van der Waals surface area contributed by atoms with Crippen molar-refractivity contribution in [3.05, 3.63) is 28.2 Å². The Morgan fingerprint density at radius 1 is 1.67 bits per heavy atom. The second-order valence-electron chi connectivity index (χ2n) is 2.55. The number of rotatable bonds is 2. The minimum Gasteiger partial charge on any atom is -0.507 e. The van der Waals surface area contributed by atoms with Crippen LogP contribution in [0.5, 0.6) is 5.75 Å². The van der Waals surface area contributed by atoms with Gasteiger partial charge in [0, 0.05) is 12.6 Å². The van der Waals surface area contributed by atoms with Gasteiger partial charge >= 0.3 is 0 Å². The number of carbonyl (C=O) groups is 1. The third-order valence-corrected chi connectivity index (χ3v) is 1.46. The zero-order valence-corrected chi connectivity index (χ0v) is 6.63. The summed E-state index contributed by atoms with van der Waals surface area (Å²) in [5, 5.41) is 9.17. The fourth-order valence-corrected chi connectivity index (χ4v) is 0.920. The number of aromatic hydroxyl groups is 1. The molecule has 0 saturated heterocycles. The van der Waals surface area contributed by atoms with Crippen LogP contribution in [0, 0.1) is 0 Å². The van der Waals surface area contributed by atoms with Gasteiger partial charge in [-0.15, -0.1) is 0 Å². The van der Waals surface area contributed by atoms with Gasteiger partial charge in [-0.25, -0.2) is 0 Å². The zero-order valence-electron chi connectivity index (χ0n) is 6.63. The van der Waals surface area contributed by atoms with Crippen molar-refractivity contribution in [2.45, 2.75) is 13.3 Å². The van der Waals surface area contributed by atoms with Crippen LogP contribution >= 0.6 is 0 Å². The molecule has 0 saturated carbocycles. The summed E-state index contributed by atoms with van der Waals surface area (Å²) in [6, 6.07) is 1.35. The molecule has 4 nitrogen and oxygen atoms in total. The molecular formula is C8H9NO3. The molecule has 0 radical (unpaired) electrons. The van der Waals surface area contributed by atoms with Gasteiger partial charge in [0.15, 0.2) is 0 Å². The Hall–Kier alpha value is -1.58. The highest BCUT2D eigenvalue weighted by Gasteiger charge is 2.07. The molecule has 0 atom stereocenters.